The summed E-state index contributed by atoms with van der Waals surface area (Å²) in [6.07, 6.45) is 9.47. The summed E-state index contributed by atoms with van der Waals surface area (Å²) >= 11 is 0. The second-order valence-corrected chi connectivity index (χ2v) is 9.51. The normalized spacial score (nSPS) is 15.9. The maximum atomic E-state index is 16.2. The number of fused-ring (bicyclic) bond motifs is 1. The number of rotatable bonds is 10. The van der Waals surface area contributed by atoms with E-state index in [0.29, 0.717) is 34.5 Å². The first-order chi connectivity index (χ1) is 18.4. The maximum Gasteiger partial charge on any atom is 0.159 e. The van der Waals surface area contributed by atoms with Gasteiger partial charge in [0.05, 0.1) is 16.6 Å². The molecule has 2 aromatic heterocycles. The van der Waals surface area contributed by atoms with Crippen LogP contribution in [-0.4, -0.2) is 76.3 Å². The molecule has 8 heteroatoms. The summed E-state index contributed by atoms with van der Waals surface area (Å²) in [6.45, 7) is 19.1. The van der Waals surface area contributed by atoms with Gasteiger partial charge in [0.15, 0.2) is 5.82 Å². The second kappa shape index (κ2) is 12.2. The minimum atomic E-state index is -0.334. The number of nitrogens with one attached hydrogen (secondary N) is 3. The lowest BCUT2D eigenvalue weighted by Gasteiger charge is -2.35. The van der Waals surface area contributed by atoms with Crippen molar-refractivity contribution in [2.75, 3.05) is 46.3 Å². The van der Waals surface area contributed by atoms with Crippen LogP contribution < -0.4 is 5.32 Å². The predicted molar refractivity (Wildman–Crippen MR) is 156 cm³/mol. The lowest BCUT2D eigenvalue weighted by atomic mass is 9.99. The van der Waals surface area contributed by atoms with E-state index in [-0.39, 0.29) is 5.82 Å². The van der Waals surface area contributed by atoms with Gasteiger partial charge in [-0.05, 0) is 56.8 Å². The zero-order valence-electron chi connectivity index (χ0n) is 22.9. The highest BCUT2D eigenvalue weighted by atomic mass is 19.1. The third-order valence-electron chi connectivity index (χ3n) is 6.94. The van der Waals surface area contributed by atoms with Crippen LogP contribution in [0.4, 0.5) is 4.39 Å². The third kappa shape index (κ3) is 5.56. The van der Waals surface area contributed by atoms with E-state index in [1.54, 1.807) is 18.2 Å². The molecule has 1 saturated heterocycles. The van der Waals surface area contributed by atoms with Crippen LogP contribution in [0.25, 0.3) is 33.7 Å². The van der Waals surface area contributed by atoms with E-state index in [1.807, 2.05) is 45.1 Å². The first kappa shape index (κ1) is 27.3. The fraction of sp³-hybridized carbons (Fsp3) is 0.333. The molecule has 3 heterocycles. The average molecular weight is 516 g/mol. The van der Waals surface area contributed by atoms with Crippen molar-refractivity contribution in [2.45, 2.75) is 20.8 Å². The zero-order chi connectivity index (χ0) is 27.2. The van der Waals surface area contributed by atoms with Crippen molar-refractivity contribution in [3.8, 4) is 11.5 Å². The molecule has 4 rings (SSSR count). The monoisotopic (exact) mass is 515 g/mol. The van der Waals surface area contributed by atoms with Crippen LogP contribution in [0.2, 0.25) is 0 Å². The molecule has 0 saturated carbocycles. The molecule has 1 fully saturated rings. The molecule has 1 aliphatic heterocycles. The first-order valence-corrected chi connectivity index (χ1v) is 13.1. The Bertz CT molecular complexity index is 1400. The zero-order valence-corrected chi connectivity index (χ0v) is 22.9. The van der Waals surface area contributed by atoms with Crippen LogP contribution in [0.5, 0.6) is 0 Å². The Kier molecular flexibility index (Phi) is 8.76. The number of halogens is 1. The Morgan fingerprint density at radius 3 is 2.63 bits per heavy atom. The lowest BCUT2D eigenvalue weighted by Crippen LogP contribution is -2.43. The van der Waals surface area contributed by atoms with Gasteiger partial charge in [0, 0.05) is 44.0 Å². The van der Waals surface area contributed by atoms with Crippen molar-refractivity contribution in [3.05, 3.63) is 84.0 Å². The van der Waals surface area contributed by atoms with Crippen molar-refractivity contribution >= 4 is 22.2 Å². The molecule has 0 radical (unpaired) electrons. The molecular formula is C30H38FN7. The van der Waals surface area contributed by atoms with Gasteiger partial charge in [-0.3, -0.25) is 5.10 Å². The third-order valence-corrected chi connectivity index (χ3v) is 6.94. The molecule has 0 spiro atoms. The molecule has 1 aliphatic rings. The molecule has 0 bridgehead atoms. The van der Waals surface area contributed by atoms with Crippen LogP contribution in [0.15, 0.2) is 61.2 Å². The van der Waals surface area contributed by atoms with E-state index in [1.165, 1.54) is 0 Å². The van der Waals surface area contributed by atoms with Gasteiger partial charge in [0.25, 0.3) is 0 Å². The Morgan fingerprint density at radius 1 is 1.21 bits per heavy atom. The van der Waals surface area contributed by atoms with Crippen molar-refractivity contribution in [3.63, 3.8) is 0 Å². The van der Waals surface area contributed by atoms with E-state index >= 15 is 4.39 Å². The van der Waals surface area contributed by atoms with Gasteiger partial charge in [0.1, 0.15) is 17.2 Å². The summed E-state index contributed by atoms with van der Waals surface area (Å²) in [7, 11) is 2.13. The summed E-state index contributed by atoms with van der Waals surface area (Å²) in [5.74, 6) is 0.194. The summed E-state index contributed by atoms with van der Waals surface area (Å²) in [6, 6.07) is 3.65. The highest BCUT2D eigenvalue weighted by Crippen LogP contribution is 2.33. The Hall–Kier alpha value is -3.75. The number of nitrogens with zero attached hydrogens (tertiary/aromatic N) is 4. The molecule has 0 aliphatic carbocycles. The van der Waals surface area contributed by atoms with E-state index in [2.05, 4.69) is 50.5 Å². The standard InChI is InChI=1S/C30H38FN7/c1-7-11-25(38-16-14-37(6)15-17-38)28-20(5)33-30(34-28)29-26-24(35-36-29)13-12-23(27(26)31)22(9-3)18-21(8-2)19-32-10-4/h7-9,11-13,18,32H,1-2,10,14-17,19H2,3-6H3,(H,33,34)(H,35,36)/b21-18+,22-9+,25-11+. The number of aromatic nitrogens is 4. The number of benzene rings is 1. The molecule has 0 amide bonds. The van der Waals surface area contributed by atoms with Gasteiger partial charge in [0.2, 0.25) is 0 Å². The molecule has 1 aromatic carbocycles. The van der Waals surface area contributed by atoms with Crippen LogP contribution >= 0.6 is 0 Å². The lowest BCUT2D eigenvalue weighted by molar-refractivity contribution is 0.207. The average Bonchev–Trinajstić information content (AvgIpc) is 3.53. The summed E-state index contributed by atoms with van der Waals surface area (Å²) in [5, 5.41) is 11.2. The molecule has 7 nitrogen and oxygen atoms in total. The Balaban J connectivity index is 1.76. The molecule has 200 valence electrons. The maximum absolute atomic E-state index is 16.2. The Morgan fingerprint density at radius 2 is 1.97 bits per heavy atom. The van der Waals surface area contributed by atoms with Gasteiger partial charge in [-0.1, -0.05) is 44.4 Å². The largest absolute Gasteiger partial charge is 0.367 e. The summed E-state index contributed by atoms with van der Waals surface area (Å²) in [5.41, 5.74) is 6.09. The number of imidazole rings is 1. The van der Waals surface area contributed by atoms with Gasteiger partial charge in [-0.25, -0.2) is 9.37 Å². The van der Waals surface area contributed by atoms with Crippen LogP contribution in [-0.2, 0) is 0 Å². The smallest absolute Gasteiger partial charge is 0.159 e. The van der Waals surface area contributed by atoms with E-state index in [9.17, 15) is 0 Å². The van der Waals surface area contributed by atoms with Crippen molar-refractivity contribution in [1.82, 2.24) is 35.3 Å². The SMILES string of the molecule is C=C/C=C(\c1nc(-c2n[nH]c3ccc(C(/C=C(\C=C)CNCC)=C/C)c(F)c23)[nH]c1C)N1CCN(C)CC1. The fourth-order valence-electron chi connectivity index (χ4n) is 4.75. The topological polar surface area (TPSA) is 75.9 Å². The highest BCUT2D eigenvalue weighted by molar-refractivity contribution is 5.95. The number of aromatic amines is 2. The number of H-pyrrole nitrogens is 2. The quantitative estimate of drug-likeness (QED) is 0.320. The molecule has 38 heavy (non-hydrogen) atoms. The number of aryl methyl sites for hydroxylation is 1. The van der Waals surface area contributed by atoms with Crippen LogP contribution in [0.3, 0.4) is 0 Å². The first-order valence-electron chi connectivity index (χ1n) is 13.1. The van der Waals surface area contributed by atoms with E-state index < -0.39 is 0 Å². The van der Waals surface area contributed by atoms with Gasteiger partial charge in [-0.2, -0.15) is 5.10 Å². The summed E-state index contributed by atoms with van der Waals surface area (Å²) in [4.78, 5) is 12.9. The summed E-state index contributed by atoms with van der Waals surface area (Å²) < 4.78 is 16.2. The molecule has 3 aromatic rings. The van der Waals surface area contributed by atoms with Gasteiger partial charge < -0.3 is 20.1 Å². The number of hydrogen-bond acceptors (Lipinski definition) is 5. The van der Waals surface area contributed by atoms with Gasteiger partial charge in [-0.15, -0.1) is 0 Å². The van der Waals surface area contributed by atoms with E-state index in [4.69, 9.17) is 4.98 Å². The number of piperazine rings is 1. The minimum Gasteiger partial charge on any atom is -0.367 e. The molecule has 3 N–H and O–H groups in total. The number of hydrogen-bond donors (Lipinski definition) is 3. The fourth-order valence-corrected chi connectivity index (χ4v) is 4.75. The number of allylic oxidation sites excluding steroid dienone is 5. The van der Waals surface area contributed by atoms with Crippen molar-refractivity contribution in [1.29, 1.82) is 0 Å². The second-order valence-electron chi connectivity index (χ2n) is 9.51. The van der Waals surface area contributed by atoms with Gasteiger partial charge >= 0.3 is 0 Å². The minimum absolute atomic E-state index is 0.334. The molecule has 0 atom stereocenters. The Labute approximate surface area is 224 Å². The molecular weight excluding hydrogens is 477 g/mol. The van der Waals surface area contributed by atoms with Crippen LogP contribution in [0.1, 0.15) is 30.8 Å². The van der Waals surface area contributed by atoms with Crippen LogP contribution in [0, 0.1) is 12.7 Å². The highest BCUT2D eigenvalue weighted by Gasteiger charge is 2.24. The number of likely N-dealkylation sites (N-methyl/N-ethyl adjacent to an activating group) is 2. The predicted octanol–water partition coefficient (Wildman–Crippen LogP) is 5.30. The van der Waals surface area contributed by atoms with Crippen molar-refractivity contribution in [2.24, 2.45) is 0 Å². The van der Waals surface area contributed by atoms with Crippen molar-refractivity contribution < 1.29 is 4.39 Å². The molecule has 0 unspecified atom stereocenters. The van der Waals surface area contributed by atoms with E-state index in [0.717, 1.165) is 61.0 Å².